The van der Waals surface area contributed by atoms with Gasteiger partial charge in [0.2, 0.25) is 0 Å². The predicted octanol–water partition coefficient (Wildman–Crippen LogP) is 1.73. The number of benzene rings is 1. The van der Waals surface area contributed by atoms with Gasteiger partial charge in [0.15, 0.2) is 0 Å². The van der Waals surface area contributed by atoms with Crippen LogP contribution in [0.4, 0.5) is 0 Å². The van der Waals surface area contributed by atoms with Crippen molar-refractivity contribution in [2.45, 2.75) is 6.92 Å². The molecule has 0 unspecified atom stereocenters. The molecule has 0 fully saturated rings. The van der Waals surface area contributed by atoms with Crippen LogP contribution in [0, 0.1) is 6.92 Å². The third kappa shape index (κ3) is 1.48. The molecule has 90 valence electrons. The Morgan fingerprint density at radius 1 is 1.28 bits per heavy atom. The largest absolute Gasteiger partial charge is 0.507 e. The predicted molar refractivity (Wildman–Crippen MR) is 68.1 cm³/mol. The number of fused-ring (bicyclic) bond motifs is 1. The van der Waals surface area contributed by atoms with Crippen LogP contribution in [0.2, 0.25) is 0 Å². The summed E-state index contributed by atoms with van der Waals surface area (Å²) in [7, 11) is 0. The maximum Gasteiger partial charge on any atom is 0.253 e. The second-order valence-corrected chi connectivity index (χ2v) is 4.08. The molecule has 0 aliphatic carbocycles. The van der Waals surface area contributed by atoms with Crippen molar-refractivity contribution in [3.8, 4) is 11.4 Å². The number of aromatic nitrogens is 3. The number of aromatic amines is 1. The Labute approximate surface area is 102 Å². The maximum atomic E-state index is 11.4. The number of pyridine rings is 1. The molecule has 0 amide bonds. The summed E-state index contributed by atoms with van der Waals surface area (Å²) in [6.07, 6.45) is 0. The van der Waals surface area contributed by atoms with Gasteiger partial charge in [0.25, 0.3) is 5.56 Å². The van der Waals surface area contributed by atoms with E-state index >= 15 is 0 Å². The zero-order valence-corrected chi connectivity index (χ0v) is 9.71. The third-order valence-corrected chi connectivity index (χ3v) is 2.83. The van der Waals surface area contributed by atoms with Crippen LogP contribution in [0.3, 0.4) is 0 Å². The minimum Gasteiger partial charge on any atom is -0.507 e. The van der Waals surface area contributed by atoms with Gasteiger partial charge in [-0.05, 0) is 19.1 Å². The molecule has 0 bridgehead atoms. The molecule has 2 heterocycles. The summed E-state index contributed by atoms with van der Waals surface area (Å²) in [5, 5.41) is 14.7. The fraction of sp³-hybridized carbons (Fsp3) is 0.0769. The van der Waals surface area contributed by atoms with Gasteiger partial charge < -0.3 is 10.1 Å². The molecular weight excluding hydrogens is 230 g/mol. The zero-order valence-electron chi connectivity index (χ0n) is 9.71. The number of hydrogen-bond donors (Lipinski definition) is 2. The number of H-pyrrole nitrogens is 1. The van der Waals surface area contributed by atoms with Gasteiger partial charge in [0, 0.05) is 6.07 Å². The standard InChI is InChI=1S/C13H11N3O2/c1-8-12-10(17)7-11(18)14-13(12)16(15-8)9-5-3-2-4-6-9/h2-7H,1H3,(H2,14,17,18). The number of hydrogen-bond acceptors (Lipinski definition) is 3. The van der Waals surface area contributed by atoms with Crippen LogP contribution in [0.15, 0.2) is 41.2 Å². The first kappa shape index (κ1) is 10.6. The first-order valence-corrected chi connectivity index (χ1v) is 5.54. The van der Waals surface area contributed by atoms with E-state index in [1.165, 1.54) is 0 Å². The lowest BCUT2D eigenvalue weighted by atomic mass is 10.2. The average molecular weight is 241 g/mol. The SMILES string of the molecule is Cc1nn(-c2ccccc2)c2[nH]c(=O)cc(O)c12. The fourth-order valence-corrected chi connectivity index (χ4v) is 2.05. The van der Waals surface area contributed by atoms with Crippen molar-refractivity contribution in [1.29, 1.82) is 0 Å². The van der Waals surface area contributed by atoms with Crippen LogP contribution >= 0.6 is 0 Å². The van der Waals surface area contributed by atoms with E-state index in [2.05, 4.69) is 10.1 Å². The highest BCUT2D eigenvalue weighted by molar-refractivity contribution is 5.85. The van der Waals surface area contributed by atoms with Crippen LogP contribution in [-0.2, 0) is 0 Å². The van der Waals surface area contributed by atoms with Gasteiger partial charge in [-0.3, -0.25) is 4.79 Å². The molecule has 18 heavy (non-hydrogen) atoms. The summed E-state index contributed by atoms with van der Waals surface area (Å²) >= 11 is 0. The fourth-order valence-electron chi connectivity index (χ4n) is 2.05. The van der Waals surface area contributed by atoms with E-state index in [-0.39, 0.29) is 11.3 Å². The van der Waals surface area contributed by atoms with E-state index in [9.17, 15) is 9.90 Å². The number of nitrogens with one attached hydrogen (secondary N) is 1. The van der Waals surface area contributed by atoms with Gasteiger partial charge in [-0.2, -0.15) is 5.10 Å². The Hall–Kier alpha value is -2.56. The highest BCUT2D eigenvalue weighted by Crippen LogP contribution is 2.25. The number of nitrogens with zero attached hydrogens (tertiary/aromatic N) is 2. The summed E-state index contributed by atoms with van der Waals surface area (Å²) in [6.45, 7) is 1.79. The Balaban J connectivity index is 2.42. The lowest BCUT2D eigenvalue weighted by Gasteiger charge is -2.02. The molecule has 0 saturated carbocycles. The summed E-state index contributed by atoms with van der Waals surface area (Å²) in [4.78, 5) is 14.1. The van der Waals surface area contributed by atoms with Crippen LogP contribution in [-0.4, -0.2) is 19.9 Å². The number of aromatic hydroxyl groups is 1. The average Bonchev–Trinajstić information content (AvgIpc) is 2.67. The molecule has 0 radical (unpaired) electrons. The highest BCUT2D eigenvalue weighted by Gasteiger charge is 2.13. The van der Waals surface area contributed by atoms with Crippen molar-refractivity contribution >= 4 is 11.0 Å². The lowest BCUT2D eigenvalue weighted by molar-refractivity contribution is 0.480. The van der Waals surface area contributed by atoms with Crippen molar-refractivity contribution in [2.24, 2.45) is 0 Å². The molecule has 0 aliphatic heterocycles. The Kier molecular flexibility index (Phi) is 2.19. The molecule has 5 nitrogen and oxygen atoms in total. The summed E-state index contributed by atoms with van der Waals surface area (Å²) in [6, 6.07) is 10.6. The summed E-state index contributed by atoms with van der Waals surface area (Å²) in [5.74, 6) is -0.0477. The van der Waals surface area contributed by atoms with Gasteiger partial charge in [-0.25, -0.2) is 4.68 Å². The second kappa shape index (κ2) is 3.73. The van der Waals surface area contributed by atoms with E-state index < -0.39 is 0 Å². The van der Waals surface area contributed by atoms with Gasteiger partial charge in [0.05, 0.1) is 16.8 Å². The molecule has 5 heteroatoms. The Bertz CT molecular complexity index is 772. The molecule has 1 aromatic carbocycles. The van der Waals surface area contributed by atoms with Gasteiger partial charge in [-0.15, -0.1) is 0 Å². The number of aryl methyl sites for hydroxylation is 1. The zero-order chi connectivity index (χ0) is 12.7. The van der Waals surface area contributed by atoms with Crippen LogP contribution < -0.4 is 5.56 Å². The minimum atomic E-state index is -0.350. The first-order chi connectivity index (χ1) is 8.66. The van der Waals surface area contributed by atoms with Crippen molar-refractivity contribution in [3.05, 3.63) is 52.4 Å². The van der Waals surface area contributed by atoms with E-state index in [0.29, 0.717) is 16.7 Å². The minimum absolute atomic E-state index is 0.0477. The van der Waals surface area contributed by atoms with Crippen LogP contribution in [0.1, 0.15) is 5.69 Å². The smallest absolute Gasteiger partial charge is 0.253 e. The van der Waals surface area contributed by atoms with Crippen LogP contribution in [0.5, 0.6) is 5.75 Å². The molecule has 0 atom stereocenters. The molecule has 2 aromatic heterocycles. The van der Waals surface area contributed by atoms with E-state index in [0.717, 1.165) is 11.8 Å². The molecule has 3 aromatic rings. The van der Waals surface area contributed by atoms with Gasteiger partial charge in [0.1, 0.15) is 11.4 Å². The van der Waals surface area contributed by atoms with Crippen LogP contribution in [0.25, 0.3) is 16.7 Å². The molecule has 0 saturated heterocycles. The second-order valence-electron chi connectivity index (χ2n) is 4.08. The third-order valence-electron chi connectivity index (χ3n) is 2.83. The highest BCUT2D eigenvalue weighted by atomic mass is 16.3. The monoisotopic (exact) mass is 241 g/mol. The van der Waals surface area contributed by atoms with Crippen molar-refractivity contribution in [2.75, 3.05) is 0 Å². The molecule has 0 spiro atoms. The van der Waals surface area contributed by atoms with Crippen molar-refractivity contribution in [1.82, 2.24) is 14.8 Å². The number of rotatable bonds is 1. The Morgan fingerprint density at radius 2 is 2.00 bits per heavy atom. The molecular formula is C13H11N3O2. The normalized spacial score (nSPS) is 10.9. The quantitative estimate of drug-likeness (QED) is 0.681. The van der Waals surface area contributed by atoms with E-state index in [1.807, 2.05) is 30.3 Å². The molecule has 3 rings (SSSR count). The van der Waals surface area contributed by atoms with Crippen molar-refractivity contribution in [3.63, 3.8) is 0 Å². The first-order valence-electron chi connectivity index (χ1n) is 5.54. The maximum absolute atomic E-state index is 11.4. The Morgan fingerprint density at radius 3 is 2.72 bits per heavy atom. The topological polar surface area (TPSA) is 70.9 Å². The number of para-hydroxylation sites is 1. The molecule has 0 aliphatic rings. The van der Waals surface area contributed by atoms with Crippen molar-refractivity contribution < 1.29 is 5.11 Å². The van der Waals surface area contributed by atoms with E-state index in [4.69, 9.17) is 0 Å². The molecule has 2 N–H and O–H groups in total. The van der Waals surface area contributed by atoms with Gasteiger partial charge >= 0.3 is 0 Å². The lowest BCUT2D eigenvalue weighted by Crippen LogP contribution is -2.06. The van der Waals surface area contributed by atoms with E-state index in [1.54, 1.807) is 11.6 Å². The van der Waals surface area contributed by atoms with Gasteiger partial charge in [-0.1, -0.05) is 18.2 Å². The summed E-state index contributed by atoms with van der Waals surface area (Å²) < 4.78 is 1.62. The summed E-state index contributed by atoms with van der Waals surface area (Å²) in [5.41, 5.74) is 1.65.